The van der Waals surface area contributed by atoms with Crippen molar-refractivity contribution in [2.45, 2.75) is 17.6 Å². The molecule has 2 rings (SSSR count). The minimum Gasteiger partial charge on any atom is -0.482 e. The number of carbonyl (C=O) groups is 2. The van der Waals surface area contributed by atoms with Crippen molar-refractivity contribution in [2.24, 2.45) is 0 Å². The molecule has 1 fully saturated rings. The SMILES string of the molecule is COCCNC(=O)[C@H](C)OC(=O)COc1ccc(C2SCCS2)cc1. The highest BCUT2D eigenvalue weighted by molar-refractivity contribution is 8.19. The number of benzene rings is 1. The van der Waals surface area contributed by atoms with E-state index < -0.39 is 12.1 Å². The van der Waals surface area contributed by atoms with E-state index in [1.807, 2.05) is 47.8 Å². The molecule has 6 nitrogen and oxygen atoms in total. The molecule has 0 bridgehead atoms. The van der Waals surface area contributed by atoms with Gasteiger partial charge in [-0.3, -0.25) is 4.79 Å². The van der Waals surface area contributed by atoms with Gasteiger partial charge in [0, 0.05) is 25.2 Å². The minimum atomic E-state index is -0.869. The molecular weight excluding hydrogens is 362 g/mol. The number of thioether (sulfide) groups is 2. The molecular formula is C17H23NO5S2. The summed E-state index contributed by atoms with van der Waals surface area (Å²) < 4.78 is 15.8. The molecule has 0 saturated carbocycles. The van der Waals surface area contributed by atoms with Crippen molar-refractivity contribution < 1.29 is 23.8 Å². The van der Waals surface area contributed by atoms with Crippen LogP contribution in [0.1, 0.15) is 17.1 Å². The van der Waals surface area contributed by atoms with E-state index in [1.54, 1.807) is 7.11 Å². The molecule has 25 heavy (non-hydrogen) atoms. The average molecular weight is 386 g/mol. The van der Waals surface area contributed by atoms with Crippen LogP contribution in [0.2, 0.25) is 0 Å². The van der Waals surface area contributed by atoms with Gasteiger partial charge in [0.05, 0.1) is 11.2 Å². The van der Waals surface area contributed by atoms with Gasteiger partial charge in [-0.25, -0.2) is 4.79 Å². The second-order valence-corrected chi connectivity index (χ2v) is 8.07. The monoisotopic (exact) mass is 385 g/mol. The van der Waals surface area contributed by atoms with Gasteiger partial charge in [0.1, 0.15) is 5.75 Å². The Hall–Kier alpha value is -1.38. The number of methoxy groups -OCH3 is 1. The predicted octanol–water partition coefficient (Wildman–Crippen LogP) is 2.24. The standard InChI is InChI=1S/C17H23NO5S2/c1-12(16(20)18-7-8-21-2)23-15(19)11-22-14-5-3-13(4-6-14)17-24-9-10-25-17/h3-6,12,17H,7-11H2,1-2H3,(H,18,20)/t12-/m0/s1. The number of rotatable bonds is 9. The Morgan fingerprint density at radius 1 is 1.24 bits per heavy atom. The molecule has 0 unspecified atom stereocenters. The van der Waals surface area contributed by atoms with Crippen molar-refractivity contribution in [1.82, 2.24) is 5.32 Å². The molecule has 0 aromatic heterocycles. The number of nitrogens with one attached hydrogen (secondary N) is 1. The Kier molecular flexibility index (Phi) is 8.43. The van der Waals surface area contributed by atoms with Gasteiger partial charge in [-0.2, -0.15) is 0 Å². The predicted molar refractivity (Wildman–Crippen MR) is 100 cm³/mol. The van der Waals surface area contributed by atoms with Gasteiger partial charge in [0.15, 0.2) is 12.7 Å². The lowest BCUT2D eigenvalue weighted by Crippen LogP contribution is -2.38. The van der Waals surface area contributed by atoms with Crippen LogP contribution in [0.15, 0.2) is 24.3 Å². The molecule has 1 aliphatic rings. The number of ether oxygens (including phenoxy) is 3. The van der Waals surface area contributed by atoms with E-state index in [0.29, 0.717) is 23.5 Å². The van der Waals surface area contributed by atoms with Gasteiger partial charge in [0.25, 0.3) is 5.91 Å². The zero-order chi connectivity index (χ0) is 18.1. The Labute approximate surface area is 156 Å². The molecule has 8 heteroatoms. The van der Waals surface area contributed by atoms with E-state index in [4.69, 9.17) is 14.2 Å². The molecule has 138 valence electrons. The van der Waals surface area contributed by atoms with Gasteiger partial charge >= 0.3 is 5.97 Å². The van der Waals surface area contributed by atoms with Gasteiger partial charge in [-0.15, -0.1) is 23.5 Å². The Morgan fingerprint density at radius 2 is 1.92 bits per heavy atom. The quantitative estimate of drug-likeness (QED) is 0.516. The van der Waals surface area contributed by atoms with Gasteiger partial charge in [-0.05, 0) is 24.6 Å². The first-order valence-electron chi connectivity index (χ1n) is 8.02. The fourth-order valence-corrected chi connectivity index (χ4v) is 4.98. The maximum atomic E-state index is 11.8. The number of hydrogen-bond donors (Lipinski definition) is 1. The maximum Gasteiger partial charge on any atom is 0.344 e. The molecule has 1 aliphatic heterocycles. The van der Waals surface area contributed by atoms with Crippen molar-refractivity contribution in [3.8, 4) is 5.75 Å². The van der Waals surface area contributed by atoms with E-state index in [0.717, 1.165) is 0 Å². The number of carbonyl (C=O) groups excluding carboxylic acids is 2. The minimum absolute atomic E-state index is 0.234. The summed E-state index contributed by atoms with van der Waals surface area (Å²) in [7, 11) is 1.55. The van der Waals surface area contributed by atoms with Crippen LogP contribution >= 0.6 is 23.5 Å². The van der Waals surface area contributed by atoms with E-state index in [9.17, 15) is 9.59 Å². The summed E-state index contributed by atoms with van der Waals surface area (Å²) in [6.07, 6.45) is -0.869. The summed E-state index contributed by atoms with van der Waals surface area (Å²) in [6.45, 7) is 2.06. The van der Waals surface area contributed by atoms with Crippen LogP contribution in [0.3, 0.4) is 0 Å². The van der Waals surface area contributed by atoms with Crippen LogP contribution in [0.25, 0.3) is 0 Å². The van der Waals surface area contributed by atoms with Crippen molar-refractivity contribution >= 4 is 35.4 Å². The lowest BCUT2D eigenvalue weighted by atomic mass is 10.2. The molecule has 1 N–H and O–H groups in total. The molecule has 1 saturated heterocycles. The van der Waals surface area contributed by atoms with Gasteiger partial charge in [-0.1, -0.05) is 12.1 Å². The summed E-state index contributed by atoms with van der Waals surface area (Å²) in [4.78, 5) is 23.5. The fourth-order valence-electron chi connectivity index (χ4n) is 2.12. The summed E-state index contributed by atoms with van der Waals surface area (Å²) in [5, 5.41) is 2.61. The highest BCUT2D eigenvalue weighted by Gasteiger charge is 2.19. The van der Waals surface area contributed by atoms with E-state index in [-0.39, 0.29) is 12.5 Å². The van der Waals surface area contributed by atoms with Crippen molar-refractivity contribution in [2.75, 3.05) is 38.4 Å². The van der Waals surface area contributed by atoms with E-state index >= 15 is 0 Å². The van der Waals surface area contributed by atoms with Crippen molar-refractivity contribution in [1.29, 1.82) is 0 Å². The zero-order valence-electron chi connectivity index (χ0n) is 14.4. The first kappa shape index (κ1) is 19.9. The number of amides is 1. The third-order valence-electron chi connectivity index (χ3n) is 3.41. The lowest BCUT2D eigenvalue weighted by Gasteiger charge is -2.14. The maximum absolute atomic E-state index is 11.8. The third-order valence-corrected chi connectivity index (χ3v) is 6.52. The van der Waals surface area contributed by atoms with Gasteiger partial charge in [0.2, 0.25) is 0 Å². The third kappa shape index (κ3) is 6.80. The summed E-state index contributed by atoms with van der Waals surface area (Å²) in [5.41, 5.74) is 1.25. The van der Waals surface area contributed by atoms with Crippen LogP contribution in [0.4, 0.5) is 0 Å². The van der Waals surface area contributed by atoms with E-state index in [1.165, 1.54) is 24.0 Å². The molecule has 1 heterocycles. The topological polar surface area (TPSA) is 73.9 Å². The lowest BCUT2D eigenvalue weighted by molar-refractivity contribution is -0.156. The number of hydrogen-bond acceptors (Lipinski definition) is 7. The highest BCUT2D eigenvalue weighted by atomic mass is 32.2. The zero-order valence-corrected chi connectivity index (χ0v) is 16.0. The second kappa shape index (κ2) is 10.6. The Balaban J connectivity index is 1.71. The molecule has 0 spiro atoms. The smallest absolute Gasteiger partial charge is 0.344 e. The normalized spacial score (nSPS) is 15.6. The highest BCUT2D eigenvalue weighted by Crippen LogP contribution is 2.45. The van der Waals surface area contributed by atoms with Gasteiger partial charge < -0.3 is 19.5 Å². The first-order chi connectivity index (χ1) is 12.1. The molecule has 1 amide bonds. The van der Waals surface area contributed by atoms with Crippen LogP contribution in [0, 0.1) is 0 Å². The van der Waals surface area contributed by atoms with Crippen LogP contribution in [0.5, 0.6) is 5.75 Å². The molecule has 1 aromatic carbocycles. The average Bonchev–Trinajstić information content (AvgIpc) is 3.15. The van der Waals surface area contributed by atoms with E-state index in [2.05, 4.69) is 5.32 Å². The summed E-state index contributed by atoms with van der Waals surface area (Å²) in [6, 6.07) is 7.73. The Bertz CT molecular complexity index is 561. The van der Waals surface area contributed by atoms with Crippen LogP contribution < -0.4 is 10.1 Å². The first-order valence-corrected chi connectivity index (χ1v) is 10.1. The fraction of sp³-hybridized carbons (Fsp3) is 0.529. The second-order valence-electron chi connectivity index (χ2n) is 5.35. The molecule has 0 radical (unpaired) electrons. The molecule has 1 atom stereocenters. The van der Waals surface area contributed by atoms with Crippen molar-refractivity contribution in [3.63, 3.8) is 0 Å². The number of esters is 1. The summed E-state index contributed by atoms with van der Waals surface area (Å²) >= 11 is 3.88. The largest absolute Gasteiger partial charge is 0.482 e. The van der Waals surface area contributed by atoms with Crippen molar-refractivity contribution in [3.05, 3.63) is 29.8 Å². The van der Waals surface area contributed by atoms with Crippen LogP contribution in [-0.2, 0) is 19.1 Å². The molecule has 1 aromatic rings. The molecule has 0 aliphatic carbocycles. The van der Waals surface area contributed by atoms with Crippen LogP contribution in [-0.4, -0.2) is 56.4 Å². The summed E-state index contributed by atoms with van der Waals surface area (Å²) in [5.74, 6) is 2.01. The Morgan fingerprint density at radius 3 is 2.56 bits per heavy atom.